The van der Waals surface area contributed by atoms with Crippen molar-refractivity contribution in [2.45, 2.75) is 18.2 Å². The second-order valence-electron chi connectivity index (χ2n) is 2.35. The van der Waals surface area contributed by atoms with Crippen LogP contribution in [-0.2, 0) is 10.0 Å². The summed E-state index contributed by atoms with van der Waals surface area (Å²) in [5.41, 5.74) is 0. The van der Waals surface area contributed by atoms with Gasteiger partial charge in [-0.15, -0.1) is 0 Å². The van der Waals surface area contributed by atoms with Crippen LogP contribution < -0.4 is 5.14 Å². The Balaban J connectivity index is 2.74. The molecule has 0 aromatic rings. The summed E-state index contributed by atoms with van der Waals surface area (Å²) in [6.07, 6.45) is 1.10. The molecule has 0 spiro atoms. The molecule has 0 aliphatic carbocycles. The van der Waals surface area contributed by atoms with Crippen molar-refractivity contribution in [1.82, 2.24) is 5.06 Å². The highest BCUT2D eigenvalue weighted by Gasteiger charge is 2.31. The van der Waals surface area contributed by atoms with Gasteiger partial charge < -0.3 is 5.21 Å². The predicted octanol–water partition coefficient (Wildman–Crippen LogP) is -0.914. The lowest BCUT2D eigenvalue weighted by Crippen LogP contribution is -2.37. The van der Waals surface area contributed by atoms with Crippen molar-refractivity contribution in [2.75, 3.05) is 6.54 Å². The molecule has 5 nitrogen and oxygen atoms in total. The van der Waals surface area contributed by atoms with Gasteiger partial charge in [0.1, 0.15) is 0 Å². The van der Waals surface area contributed by atoms with Gasteiger partial charge in [0.25, 0.3) is 0 Å². The smallest absolute Gasteiger partial charge is 0.227 e. The Morgan fingerprint density at radius 3 is 2.40 bits per heavy atom. The molecule has 6 heteroatoms. The number of rotatable bonds is 1. The van der Waals surface area contributed by atoms with Gasteiger partial charge in [-0.1, -0.05) is 0 Å². The molecule has 1 saturated heterocycles. The van der Waals surface area contributed by atoms with Crippen LogP contribution >= 0.6 is 0 Å². The van der Waals surface area contributed by atoms with Gasteiger partial charge in [-0.2, -0.15) is 5.06 Å². The van der Waals surface area contributed by atoms with E-state index in [4.69, 9.17) is 10.3 Å². The zero-order valence-corrected chi connectivity index (χ0v) is 6.21. The third kappa shape index (κ3) is 1.46. The fraction of sp³-hybridized carbons (Fsp3) is 1.00. The topological polar surface area (TPSA) is 83.6 Å². The molecule has 10 heavy (non-hydrogen) atoms. The van der Waals surface area contributed by atoms with Crippen LogP contribution in [0.5, 0.6) is 0 Å². The first-order valence-corrected chi connectivity index (χ1v) is 4.60. The molecule has 1 aliphatic rings. The van der Waals surface area contributed by atoms with Crippen LogP contribution in [0.3, 0.4) is 0 Å². The number of hydrogen-bond acceptors (Lipinski definition) is 4. The fourth-order valence-corrected chi connectivity index (χ4v) is 1.99. The zero-order valence-electron chi connectivity index (χ0n) is 5.40. The van der Waals surface area contributed by atoms with E-state index in [-0.39, 0.29) is 0 Å². The zero-order chi connectivity index (χ0) is 7.78. The molecule has 0 bridgehead atoms. The summed E-state index contributed by atoms with van der Waals surface area (Å²) in [4.78, 5) is 0. The monoisotopic (exact) mass is 166 g/mol. The first kappa shape index (κ1) is 7.93. The van der Waals surface area contributed by atoms with Crippen LogP contribution in [0, 0.1) is 0 Å². The minimum absolute atomic E-state index is 0.390. The van der Waals surface area contributed by atoms with Crippen LogP contribution in [0.2, 0.25) is 0 Å². The molecule has 1 atom stereocenters. The lowest BCUT2D eigenvalue weighted by atomic mass is 10.4. The van der Waals surface area contributed by atoms with Gasteiger partial charge in [0, 0.05) is 6.54 Å². The molecule has 3 N–H and O–H groups in total. The maximum Gasteiger partial charge on any atom is 0.227 e. The number of nitrogens with zero attached hydrogens (tertiary/aromatic N) is 1. The third-order valence-corrected chi connectivity index (χ3v) is 2.79. The standard InChI is InChI=1S/C4H10N2O3S/c5-10(8,9)4-2-1-3-6(4)7/h4,7H,1-3H2,(H2,5,8,9). The lowest BCUT2D eigenvalue weighted by Gasteiger charge is -2.13. The number of hydrogen-bond donors (Lipinski definition) is 2. The van der Waals surface area contributed by atoms with E-state index < -0.39 is 15.4 Å². The normalized spacial score (nSPS) is 29.2. The van der Waals surface area contributed by atoms with E-state index in [0.717, 1.165) is 5.06 Å². The maximum atomic E-state index is 10.6. The van der Waals surface area contributed by atoms with Crippen molar-refractivity contribution < 1.29 is 13.6 Å². The Morgan fingerprint density at radius 1 is 1.60 bits per heavy atom. The second kappa shape index (κ2) is 2.46. The average molecular weight is 166 g/mol. The van der Waals surface area contributed by atoms with E-state index >= 15 is 0 Å². The van der Waals surface area contributed by atoms with E-state index in [2.05, 4.69) is 0 Å². The van der Waals surface area contributed by atoms with Crippen molar-refractivity contribution >= 4 is 10.0 Å². The summed E-state index contributed by atoms with van der Waals surface area (Å²) >= 11 is 0. The Morgan fingerprint density at radius 2 is 2.20 bits per heavy atom. The number of nitrogens with two attached hydrogens (primary N) is 1. The highest BCUT2D eigenvalue weighted by molar-refractivity contribution is 7.89. The molecular weight excluding hydrogens is 156 g/mol. The molecule has 0 saturated carbocycles. The van der Waals surface area contributed by atoms with Crippen molar-refractivity contribution in [3.8, 4) is 0 Å². The molecule has 1 unspecified atom stereocenters. The second-order valence-corrected chi connectivity index (χ2v) is 4.07. The predicted molar refractivity (Wildman–Crippen MR) is 34.6 cm³/mol. The van der Waals surface area contributed by atoms with Crippen LogP contribution in [0.1, 0.15) is 12.8 Å². The van der Waals surface area contributed by atoms with Gasteiger partial charge in [0.2, 0.25) is 10.0 Å². The Labute approximate surface area is 59.4 Å². The fourth-order valence-electron chi connectivity index (χ4n) is 1.05. The maximum absolute atomic E-state index is 10.6. The Kier molecular flexibility index (Phi) is 1.95. The van der Waals surface area contributed by atoms with Crippen molar-refractivity contribution in [3.05, 3.63) is 0 Å². The number of hydroxylamine groups is 2. The van der Waals surface area contributed by atoms with E-state index in [1.54, 1.807) is 0 Å². The molecule has 1 heterocycles. The van der Waals surface area contributed by atoms with E-state index in [0.29, 0.717) is 19.4 Å². The summed E-state index contributed by atoms with van der Waals surface area (Å²) < 4.78 is 21.2. The van der Waals surface area contributed by atoms with Crippen LogP contribution in [0.25, 0.3) is 0 Å². The first-order chi connectivity index (χ1) is 4.52. The molecule has 1 aliphatic heterocycles. The summed E-state index contributed by atoms with van der Waals surface area (Å²) in [5, 5.41) is 13.6. The molecule has 1 rings (SSSR count). The van der Waals surface area contributed by atoms with Crippen LogP contribution in [-0.4, -0.2) is 30.6 Å². The number of primary sulfonamides is 1. The molecule has 0 radical (unpaired) electrons. The van der Waals surface area contributed by atoms with Crippen LogP contribution in [0.15, 0.2) is 0 Å². The van der Waals surface area contributed by atoms with E-state index in [1.807, 2.05) is 0 Å². The van der Waals surface area contributed by atoms with Gasteiger partial charge >= 0.3 is 0 Å². The minimum atomic E-state index is -3.58. The van der Waals surface area contributed by atoms with E-state index in [1.165, 1.54) is 0 Å². The molecule has 0 aromatic carbocycles. The molecule has 0 amide bonds. The molecule has 0 aromatic heterocycles. The van der Waals surface area contributed by atoms with Crippen molar-refractivity contribution in [3.63, 3.8) is 0 Å². The van der Waals surface area contributed by atoms with Crippen molar-refractivity contribution in [1.29, 1.82) is 0 Å². The summed E-state index contributed by atoms with van der Waals surface area (Å²) in [6.45, 7) is 0.390. The summed E-state index contributed by atoms with van der Waals surface area (Å²) in [5.74, 6) is 0. The summed E-state index contributed by atoms with van der Waals surface area (Å²) in [7, 11) is -3.58. The van der Waals surface area contributed by atoms with E-state index in [9.17, 15) is 8.42 Å². The van der Waals surface area contributed by atoms with Gasteiger partial charge in [-0.25, -0.2) is 13.6 Å². The van der Waals surface area contributed by atoms with Gasteiger partial charge in [-0.3, -0.25) is 0 Å². The lowest BCUT2D eigenvalue weighted by molar-refractivity contribution is -0.0803. The van der Waals surface area contributed by atoms with Gasteiger partial charge in [0.15, 0.2) is 5.37 Å². The molecule has 1 fully saturated rings. The minimum Gasteiger partial charge on any atom is -0.313 e. The highest BCUT2D eigenvalue weighted by atomic mass is 32.2. The van der Waals surface area contributed by atoms with Gasteiger partial charge in [-0.05, 0) is 12.8 Å². The first-order valence-electron chi connectivity index (χ1n) is 2.99. The molecule has 60 valence electrons. The van der Waals surface area contributed by atoms with Gasteiger partial charge in [0.05, 0.1) is 0 Å². The largest absolute Gasteiger partial charge is 0.313 e. The third-order valence-electron chi connectivity index (χ3n) is 1.55. The Hall–Kier alpha value is -0.170. The highest BCUT2D eigenvalue weighted by Crippen LogP contribution is 2.17. The quantitative estimate of drug-likeness (QED) is 0.528. The molecular formula is C4H10N2O3S. The summed E-state index contributed by atoms with van der Waals surface area (Å²) in [6, 6.07) is 0. The number of sulfonamides is 1. The Bertz CT molecular complexity index is 213. The van der Waals surface area contributed by atoms with Crippen molar-refractivity contribution in [2.24, 2.45) is 5.14 Å². The van der Waals surface area contributed by atoms with Crippen LogP contribution in [0.4, 0.5) is 0 Å². The average Bonchev–Trinajstić information content (AvgIpc) is 2.11. The SMILES string of the molecule is NS(=O)(=O)C1CCCN1O.